The van der Waals surface area contributed by atoms with E-state index in [1.807, 2.05) is 6.07 Å². The molecule has 1 saturated heterocycles. The van der Waals surface area contributed by atoms with Crippen LogP contribution in [-0.4, -0.2) is 40.0 Å². The summed E-state index contributed by atoms with van der Waals surface area (Å²) in [5.74, 6) is 0.633. The van der Waals surface area contributed by atoms with E-state index in [1.165, 1.54) is 0 Å². The molecule has 0 amide bonds. The molecule has 6 heteroatoms. The van der Waals surface area contributed by atoms with Crippen molar-refractivity contribution in [3.8, 4) is 0 Å². The number of likely N-dealkylation sites (tertiary alicyclic amines) is 1. The van der Waals surface area contributed by atoms with Gasteiger partial charge in [-0.05, 0) is 73.4 Å². The fraction of sp³-hybridized carbons (Fsp3) is 0.571. The second-order valence-corrected chi connectivity index (χ2v) is 7.95. The van der Waals surface area contributed by atoms with Gasteiger partial charge < -0.3 is 4.90 Å². The lowest BCUT2D eigenvalue weighted by Gasteiger charge is -2.28. The van der Waals surface area contributed by atoms with Crippen LogP contribution >= 0.6 is 15.9 Å². The van der Waals surface area contributed by atoms with Crippen LogP contribution in [0.25, 0.3) is 0 Å². The lowest BCUT2D eigenvalue weighted by molar-refractivity contribution is 0.213. The number of benzene rings is 1. The molecule has 0 saturated carbocycles. The highest BCUT2D eigenvalue weighted by Gasteiger charge is 2.19. The zero-order valence-corrected chi connectivity index (χ0v) is 14.1. The molecule has 2 rings (SSSR count). The summed E-state index contributed by atoms with van der Waals surface area (Å²) in [5.41, 5.74) is 0. The molecule has 1 N–H and O–H groups in total. The van der Waals surface area contributed by atoms with Crippen molar-refractivity contribution in [1.82, 2.24) is 9.62 Å². The first-order valence-corrected chi connectivity index (χ1v) is 9.19. The van der Waals surface area contributed by atoms with E-state index in [1.54, 1.807) is 18.2 Å². The number of nitrogens with zero attached hydrogens (tertiary/aromatic N) is 1. The Morgan fingerprint density at radius 1 is 1.30 bits per heavy atom. The van der Waals surface area contributed by atoms with Crippen LogP contribution in [0.4, 0.5) is 0 Å². The monoisotopic (exact) mass is 360 g/mol. The molecule has 112 valence electrons. The average Bonchev–Trinajstić information content (AvgIpc) is 2.41. The third-order valence-corrected chi connectivity index (χ3v) is 6.28. The Kier molecular flexibility index (Phi) is 5.60. The van der Waals surface area contributed by atoms with Crippen LogP contribution < -0.4 is 4.72 Å². The van der Waals surface area contributed by atoms with Crippen LogP contribution in [0.5, 0.6) is 0 Å². The van der Waals surface area contributed by atoms with Crippen molar-refractivity contribution in [2.45, 2.75) is 24.2 Å². The molecule has 0 unspecified atom stereocenters. The molecule has 1 heterocycles. The van der Waals surface area contributed by atoms with Crippen LogP contribution in [0.1, 0.15) is 19.3 Å². The molecule has 0 radical (unpaired) electrons. The van der Waals surface area contributed by atoms with E-state index < -0.39 is 10.0 Å². The van der Waals surface area contributed by atoms with Crippen LogP contribution in [0.3, 0.4) is 0 Å². The maximum Gasteiger partial charge on any atom is 0.241 e. The van der Waals surface area contributed by atoms with Crippen molar-refractivity contribution < 1.29 is 8.42 Å². The van der Waals surface area contributed by atoms with E-state index in [-0.39, 0.29) is 0 Å². The van der Waals surface area contributed by atoms with Gasteiger partial charge in [0.05, 0.1) is 4.90 Å². The molecule has 4 nitrogen and oxygen atoms in total. The van der Waals surface area contributed by atoms with Crippen LogP contribution in [-0.2, 0) is 10.0 Å². The molecule has 20 heavy (non-hydrogen) atoms. The highest BCUT2D eigenvalue weighted by molar-refractivity contribution is 9.10. The zero-order chi connectivity index (χ0) is 14.6. The number of hydrogen-bond donors (Lipinski definition) is 1. The SMILES string of the molecule is CN1CCC(CCNS(=O)(=O)c2ccccc2Br)CC1. The smallest absolute Gasteiger partial charge is 0.241 e. The standard InChI is InChI=1S/C14H21BrN2O2S/c1-17-10-7-12(8-11-17)6-9-16-20(18,19)14-5-3-2-4-13(14)15/h2-5,12,16H,6-11H2,1H3. The molecule has 1 aliphatic rings. The number of hydrogen-bond acceptors (Lipinski definition) is 3. The fourth-order valence-electron chi connectivity index (χ4n) is 2.49. The minimum atomic E-state index is -3.41. The van der Waals surface area contributed by atoms with Gasteiger partial charge in [-0.15, -0.1) is 0 Å². The molecule has 1 aliphatic heterocycles. The summed E-state index contributed by atoms with van der Waals surface area (Å²) in [7, 11) is -1.28. The summed E-state index contributed by atoms with van der Waals surface area (Å²) in [6, 6.07) is 6.89. The van der Waals surface area contributed by atoms with E-state index in [9.17, 15) is 8.42 Å². The van der Waals surface area contributed by atoms with Crippen molar-refractivity contribution in [2.24, 2.45) is 5.92 Å². The van der Waals surface area contributed by atoms with Gasteiger partial charge in [-0.3, -0.25) is 0 Å². The van der Waals surface area contributed by atoms with E-state index in [2.05, 4.69) is 32.6 Å². The predicted octanol–water partition coefficient (Wildman–Crippen LogP) is 2.46. The molecule has 1 aromatic rings. The van der Waals surface area contributed by atoms with Crippen molar-refractivity contribution in [1.29, 1.82) is 0 Å². The van der Waals surface area contributed by atoms with E-state index in [0.29, 0.717) is 21.8 Å². The minimum Gasteiger partial charge on any atom is -0.306 e. The van der Waals surface area contributed by atoms with Crippen molar-refractivity contribution in [2.75, 3.05) is 26.7 Å². The Bertz CT molecular complexity index is 540. The summed E-state index contributed by atoms with van der Waals surface area (Å²) in [6.07, 6.45) is 3.23. The van der Waals surface area contributed by atoms with E-state index in [0.717, 1.165) is 32.4 Å². The molecule has 1 aromatic carbocycles. The highest BCUT2D eigenvalue weighted by atomic mass is 79.9. The topological polar surface area (TPSA) is 49.4 Å². The number of piperidine rings is 1. The Morgan fingerprint density at radius 2 is 1.95 bits per heavy atom. The fourth-order valence-corrected chi connectivity index (χ4v) is 4.54. The molecule has 0 bridgehead atoms. The summed E-state index contributed by atoms with van der Waals surface area (Å²) < 4.78 is 27.7. The van der Waals surface area contributed by atoms with Gasteiger partial charge in [0, 0.05) is 11.0 Å². The van der Waals surface area contributed by atoms with Crippen LogP contribution in [0.2, 0.25) is 0 Å². The molecular weight excluding hydrogens is 340 g/mol. The molecule has 1 fully saturated rings. The van der Waals surface area contributed by atoms with Crippen LogP contribution in [0, 0.1) is 5.92 Å². The molecule has 0 aromatic heterocycles. The normalized spacial score (nSPS) is 18.3. The largest absolute Gasteiger partial charge is 0.306 e. The van der Waals surface area contributed by atoms with Crippen molar-refractivity contribution in [3.63, 3.8) is 0 Å². The van der Waals surface area contributed by atoms with Gasteiger partial charge in [0.2, 0.25) is 10.0 Å². The number of sulfonamides is 1. The average molecular weight is 361 g/mol. The van der Waals surface area contributed by atoms with Gasteiger partial charge in [-0.2, -0.15) is 0 Å². The summed E-state index contributed by atoms with van der Waals surface area (Å²) in [5, 5.41) is 0. The summed E-state index contributed by atoms with van der Waals surface area (Å²) in [6.45, 7) is 2.74. The van der Waals surface area contributed by atoms with Gasteiger partial charge >= 0.3 is 0 Å². The van der Waals surface area contributed by atoms with Crippen LogP contribution in [0.15, 0.2) is 33.6 Å². The van der Waals surface area contributed by atoms with Gasteiger partial charge in [-0.1, -0.05) is 12.1 Å². The quantitative estimate of drug-likeness (QED) is 0.877. The predicted molar refractivity (Wildman–Crippen MR) is 84.2 cm³/mol. The lowest BCUT2D eigenvalue weighted by atomic mass is 9.94. The Balaban J connectivity index is 1.86. The number of halogens is 1. The molecule has 0 spiro atoms. The first kappa shape index (κ1) is 15.9. The molecule has 0 atom stereocenters. The first-order chi connectivity index (χ1) is 9.49. The lowest BCUT2D eigenvalue weighted by Crippen LogP contribution is -2.32. The van der Waals surface area contributed by atoms with Gasteiger partial charge in [0.25, 0.3) is 0 Å². The Morgan fingerprint density at radius 3 is 2.60 bits per heavy atom. The van der Waals surface area contributed by atoms with Crippen molar-refractivity contribution in [3.05, 3.63) is 28.7 Å². The maximum atomic E-state index is 12.2. The second-order valence-electron chi connectivity index (χ2n) is 5.36. The molecule has 0 aliphatic carbocycles. The van der Waals surface area contributed by atoms with Gasteiger partial charge in [-0.25, -0.2) is 13.1 Å². The zero-order valence-electron chi connectivity index (χ0n) is 11.7. The van der Waals surface area contributed by atoms with Crippen molar-refractivity contribution >= 4 is 26.0 Å². The van der Waals surface area contributed by atoms with Gasteiger partial charge in [0.1, 0.15) is 0 Å². The number of nitrogens with one attached hydrogen (secondary N) is 1. The molecular formula is C14H21BrN2O2S. The summed E-state index contributed by atoms with van der Waals surface area (Å²) >= 11 is 3.28. The maximum absolute atomic E-state index is 12.2. The minimum absolute atomic E-state index is 0.309. The number of rotatable bonds is 5. The van der Waals surface area contributed by atoms with E-state index in [4.69, 9.17) is 0 Å². The van der Waals surface area contributed by atoms with Gasteiger partial charge in [0.15, 0.2) is 0 Å². The third kappa shape index (κ3) is 4.28. The second kappa shape index (κ2) is 7.02. The van der Waals surface area contributed by atoms with E-state index >= 15 is 0 Å². The first-order valence-electron chi connectivity index (χ1n) is 6.92. The third-order valence-electron chi connectivity index (χ3n) is 3.81. The summed E-state index contributed by atoms with van der Waals surface area (Å²) in [4.78, 5) is 2.63. The Hall–Kier alpha value is -0.430. The Labute approximate surface area is 129 Å². The highest BCUT2D eigenvalue weighted by Crippen LogP contribution is 2.22.